The lowest BCUT2D eigenvalue weighted by Gasteiger charge is -2.29. The Hall–Kier alpha value is -1.47. The van der Waals surface area contributed by atoms with Crippen molar-refractivity contribution in [3.05, 3.63) is 34.4 Å². The van der Waals surface area contributed by atoms with Crippen molar-refractivity contribution < 1.29 is 9.13 Å². The van der Waals surface area contributed by atoms with Crippen molar-refractivity contribution in [2.45, 2.75) is 45.5 Å². The molecule has 0 bridgehead atoms. The van der Waals surface area contributed by atoms with Crippen LogP contribution in [0, 0.1) is 5.82 Å². The average molecular weight is 340 g/mol. The Labute approximate surface area is 135 Å². The standard InChI is InChI=1S/C15H22FN3OSSi/c1-4-22(5-2,6-3)19-14-13(16)10-17-15(18-14)20-11-12-8-7-9-21-12/h7-10H,4-6,11H2,1-3H3,(H,17,18,19). The first-order valence-electron chi connectivity index (χ1n) is 7.58. The summed E-state index contributed by atoms with van der Waals surface area (Å²) in [5, 5.41) is 1.99. The molecule has 0 fully saturated rings. The molecular formula is C15H22FN3OSSi. The van der Waals surface area contributed by atoms with E-state index in [1.54, 1.807) is 11.3 Å². The number of thiophene rings is 1. The Balaban J connectivity index is 2.12. The molecule has 2 aromatic heterocycles. The first kappa shape index (κ1) is 16.9. The third-order valence-corrected chi connectivity index (χ3v) is 9.74. The zero-order chi connectivity index (χ0) is 16.0. The van der Waals surface area contributed by atoms with E-state index in [4.69, 9.17) is 4.74 Å². The molecule has 0 aliphatic carbocycles. The summed E-state index contributed by atoms with van der Waals surface area (Å²) in [4.78, 5) is 12.6. The highest BCUT2D eigenvalue weighted by molar-refractivity contribution is 7.09. The highest BCUT2D eigenvalue weighted by Crippen LogP contribution is 2.24. The monoisotopic (exact) mass is 339 g/mol. The predicted octanol–water partition coefficient (Wildman–Crippen LogP) is 4.67. The van der Waals surface area contributed by atoms with Crippen molar-refractivity contribution in [1.82, 2.24) is 9.97 Å². The summed E-state index contributed by atoms with van der Waals surface area (Å²) in [6.45, 7) is 6.86. The van der Waals surface area contributed by atoms with E-state index in [-0.39, 0.29) is 11.8 Å². The van der Waals surface area contributed by atoms with Crippen LogP contribution in [0.25, 0.3) is 0 Å². The van der Waals surface area contributed by atoms with E-state index in [9.17, 15) is 4.39 Å². The molecule has 0 aromatic carbocycles. The zero-order valence-corrected chi connectivity index (χ0v) is 15.0. The van der Waals surface area contributed by atoms with Crippen LogP contribution < -0.4 is 9.72 Å². The van der Waals surface area contributed by atoms with Crippen molar-refractivity contribution in [3.63, 3.8) is 0 Å². The van der Waals surface area contributed by atoms with Gasteiger partial charge in [0.05, 0.1) is 6.20 Å². The minimum atomic E-state index is -1.72. The van der Waals surface area contributed by atoms with E-state index in [1.165, 1.54) is 6.20 Å². The first-order chi connectivity index (χ1) is 10.6. The second kappa shape index (κ2) is 7.69. The van der Waals surface area contributed by atoms with Crippen molar-refractivity contribution in [2.24, 2.45) is 0 Å². The molecule has 2 rings (SSSR count). The molecule has 0 aliphatic heterocycles. The minimum absolute atomic E-state index is 0.212. The molecule has 2 aromatic rings. The van der Waals surface area contributed by atoms with Crippen LogP contribution in [0.15, 0.2) is 23.7 Å². The molecule has 4 nitrogen and oxygen atoms in total. The van der Waals surface area contributed by atoms with E-state index in [0.29, 0.717) is 6.61 Å². The van der Waals surface area contributed by atoms with E-state index < -0.39 is 14.1 Å². The molecular weight excluding hydrogens is 317 g/mol. The molecule has 120 valence electrons. The normalized spacial score (nSPS) is 11.5. The Kier molecular flexibility index (Phi) is 5.90. The molecule has 0 atom stereocenters. The summed E-state index contributed by atoms with van der Waals surface area (Å²) in [6, 6.07) is 7.27. The summed E-state index contributed by atoms with van der Waals surface area (Å²) < 4.78 is 19.6. The first-order valence-corrected chi connectivity index (χ1v) is 11.1. The van der Waals surface area contributed by atoms with Crippen molar-refractivity contribution in [2.75, 3.05) is 4.98 Å². The van der Waals surface area contributed by atoms with Gasteiger partial charge in [-0.2, -0.15) is 4.98 Å². The molecule has 0 radical (unpaired) electrons. The average Bonchev–Trinajstić information content (AvgIpc) is 3.06. The van der Waals surface area contributed by atoms with Gasteiger partial charge >= 0.3 is 6.01 Å². The fraction of sp³-hybridized carbons (Fsp3) is 0.467. The molecule has 7 heteroatoms. The van der Waals surface area contributed by atoms with Gasteiger partial charge in [-0.25, -0.2) is 9.37 Å². The van der Waals surface area contributed by atoms with Crippen LogP contribution in [-0.2, 0) is 6.61 Å². The smallest absolute Gasteiger partial charge is 0.318 e. The van der Waals surface area contributed by atoms with Gasteiger partial charge in [0.15, 0.2) is 19.9 Å². The van der Waals surface area contributed by atoms with Crippen LogP contribution in [-0.4, -0.2) is 18.2 Å². The highest BCUT2D eigenvalue weighted by atomic mass is 32.1. The van der Waals surface area contributed by atoms with Crippen molar-refractivity contribution in [1.29, 1.82) is 0 Å². The molecule has 0 aliphatic rings. The molecule has 0 spiro atoms. The summed E-state index contributed by atoms with van der Waals surface area (Å²) in [5.74, 6) is -0.149. The summed E-state index contributed by atoms with van der Waals surface area (Å²) in [5.41, 5.74) is 0. The lowest BCUT2D eigenvalue weighted by atomic mass is 10.5. The second-order valence-electron chi connectivity index (χ2n) is 5.18. The lowest BCUT2D eigenvalue weighted by molar-refractivity contribution is 0.283. The van der Waals surface area contributed by atoms with Gasteiger partial charge in [0.25, 0.3) is 0 Å². The quantitative estimate of drug-likeness (QED) is 0.710. The second-order valence-corrected chi connectivity index (χ2v) is 11.1. The predicted molar refractivity (Wildman–Crippen MR) is 91.5 cm³/mol. The Bertz CT molecular complexity index is 582. The van der Waals surface area contributed by atoms with E-state index >= 15 is 0 Å². The van der Waals surface area contributed by atoms with Gasteiger partial charge in [-0.05, 0) is 29.6 Å². The van der Waals surface area contributed by atoms with Crippen LogP contribution in [0.1, 0.15) is 25.6 Å². The van der Waals surface area contributed by atoms with Crippen LogP contribution in [0.4, 0.5) is 10.2 Å². The maximum Gasteiger partial charge on any atom is 0.318 e. The SMILES string of the molecule is CC[Si](CC)(CC)Nc1nc(OCc2cccs2)ncc1F. The van der Waals surface area contributed by atoms with Gasteiger partial charge < -0.3 is 9.72 Å². The van der Waals surface area contributed by atoms with E-state index in [1.807, 2.05) is 17.5 Å². The van der Waals surface area contributed by atoms with Crippen molar-refractivity contribution in [3.8, 4) is 6.01 Å². The third-order valence-electron chi connectivity index (χ3n) is 4.06. The topological polar surface area (TPSA) is 47.0 Å². The Morgan fingerprint density at radius 2 is 2.00 bits per heavy atom. The Morgan fingerprint density at radius 3 is 2.59 bits per heavy atom. The van der Waals surface area contributed by atoms with E-state index in [2.05, 4.69) is 35.7 Å². The number of hydrogen-bond acceptors (Lipinski definition) is 5. The fourth-order valence-electron chi connectivity index (χ4n) is 2.30. The number of rotatable bonds is 8. The number of hydrogen-bond donors (Lipinski definition) is 1. The number of ether oxygens (including phenoxy) is 1. The van der Waals surface area contributed by atoms with Crippen LogP contribution in [0.2, 0.25) is 18.1 Å². The number of anilines is 1. The van der Waals surface area contributed by atoms with Gasteiger partial charge in [-0.15, -0.1) is 11.3 Å². The van der Waals surface area contributed by atoms with Gasteiger partial charge in [0.1, 0.15) is 6.61 Å². The van der Waals surface area contributed by atoms with Crippen LogP contribution in [0.3, 0.4) is 0 Å². The third kappa shape index (κ3) is 4.04. The Morgan fingerprint density at radius 1 is 1.27 bits per heavy atom. The summed E-state index contributed by atoms with van der Waals surface area (Å²) in [6.07, 6.45) is 1.18. The number of nitrogens with zero attached hydrogens (tertiary/aromatic N) is 2. The number of aromatic nitrogens is 2. The molecule has 0 amide bonds. The van der Waals surface area contributed by atoms with Gasteiger partial charge in [0.2, 0.25) is 0 Å². The van der Waals surface area contributed by atoms with Crippen molar-refractivity contribution >= 4 is 25.4 Å². The highest BCUT2D eigenvalue weighted by Gasteiger charge is 2.29. The molecule has 22 heavy (non-hydrogen) atoms. The molecule has 0 saturated heterocycles. The maximum atomic E-state index is 14.0. The van der Waals surface area contributed by atoms with E-state index in [0.717, 1.165) is 23.0 Å². The number of halogens is 1. The zero-order valence-electron chi connectivity index (χ0n) is 13.2. The minimum Gasteiger partial charge on any atom is -0.458 e. The van der Waals surface area contributed by atoms with Gasteiger partial charge in [0, 0.05) is 4.88 Å². The maximum absolute atomic E-state index is 14.0. The fourth-order valence-corrected chi connectivity index (χ4v) is 5.63. The molecule has 2 heterocycles. The van der Waals surface area contributed by atoms with Crippen LogP contribution >= 0.6 is 11.3 Å². The lowest BCUT2D eigenvalue weighted by Crippen LogP contribution is -2.42. The summed E-state index contributed by atoms with van der Waals surface area (Å²) in [7, 11) is -1.72. The largest absolute Gasteiger partial charge is 0.458 e. The molecule has 0 saturated carbocycles. The molecule has 0 unspecified atom stereocenters. The van der Waals surface area contributed by atoms with Crippen LogP contribution in [0.5, 0.6) is 6.01 Å². The van der Waals surface area contributed by atoms with Gasteiger partial charge in [-0.1, -0.05) is 26.8 Å². The van der Waals surface area contributed by atoms with Gasteiger partial charge in [-0.3, -0.25) is 0 Å². The number of nitrogens with one attached hydrogen (secondary N) is 1. The summed E-state index contributed by atoms with van der Waals surface area (Å²) >= 11 is 1.61. The molecule has 1 N–H and O–H groups in total.